The molecule has 2 nitrogen and oxygen atoms in total. The van der Waals surface area contributed by atoms with E-state index in [2.05, 4.69) is 33.0 Å². The van der Waals surface area contributed by atoms with Crippen molar-refractivity contribution in [2.24, 2.45) is 11.8 Å². The van der Waals surface area contributed by atoms with Gasteiger partial charge < -0.3 is 10.4 Å². The number of aliphatic hydroxyl groups is 1. The monoisotopic (exact) mass is 227 g/mol. The molecule has 0 saturated heterocycles. The predicted molar refractivity (Wildman–Crippen MR) is 69.5 cm³/mol. The maximum absolute atomic E-state index is 10.2. The minimum Gasteiger partial charge on any atom is -0.389 e. The summed E-state index contributed by atoms with van der Waals surface area (Å²) in [6.45, 7) is 9.57. The molecule has 2 heteroatoms. The standard InChI is InChI=1S/C14H29NO/c1-5-14(16,6-2)10-15-13-8-7-11(3)9-12(13)4/h11-13,15-16H,5-10H2,1-4H3. The van der Waals surface area contributed by atoms with Crippen LogP contribution in [0.2, 0.25) is 0 Å². The topological polar surface area (TPSA) is 32.3 Å². The van der Waals surface area contributed by atoms with Gasteiger partial charge in [-0.3, -0.25) is 0 Å². The second-order valence-corrected chi connectivity index (χ2v) is 5.81. The minimum absolute atomic E-state index is 0.497. The second-order valence-electron chi connectivity index (χ2n) is 5.81. The number of rotatable bonds is 5. The molecule has 2 N–H and O–H groups in total. The summed E-state index contributed by atoms with van der Waals surface area (Å²) in [5.41, 5.74) is -0.497. The highest BCUT2D eigenvalue weighted by molar-refractivity contribution is 4.85. The summed E-state index contributed by atoms with van der Waals surface area (Å²) in [6, 6.07) is 0.612. The van der Waals surface area contributed by atoms with Crippen LogP contribution in [0.5, 0.6) is 0 Å². The van der Waals surface area contributed by atoms with E-state index in [1.54, 1.807) is 0 Å². The molecule has 0 aromatic rings. The van der Waals surface area contributed by atoms with Crippen LogP contribution in [-0.2, 0) is 0 Å². The molecular formula is C14H29NO. The average Bonchev–Trinajstić information content (AvgIpc) is 2.27. The molecule has 0 bridgehead atoms. The summed E-state index contributed by atoms with van der Waals surface area (Å²) < 4.78 is 0. The third-order valence-electron chi connectivity index (χ3n) is 4.44. The average molecular weight is 227 g/mol. The largest absolute Gasteiger partial charge is 0.389 e. The smallest absolute Gasteiger partial charge is 0.0766 e. The summed E-state index contributed by atoms with van der Waals surface area (Å²) in [7, 11) is 0. The van der Waals surface area contributed by atoms with E-state index in [1.807, 2.05) is 0 Å². The van der Waals surface area contributed by atoms with Gasteiger partial charge in [0.05, 0.1) is 5.60 Å². The summed E-state index contributed by atoms with van der Waals surface area (Å²) in [4.78, 5) is 0. The van der Waals surface area contributed by atoms with E-state index < -0.39 is 5.60 Å². The van der Waals surface area contributed by atoms with Crippen LogP contribution in [0.1, 0.15) is 59.8 Å². The molecule has 0 aromatic carbocycles. The molecule has 3 atom stereocenters. The van der Waals surface area contributed by atoms with Crippen molar-refractivity contribution in [2.45, 2.75) is 71.4 Å². The molecule has 0 amide bonds. The molecule has 1 aliphatic carbocycles. The van der Waals surface area contributed by atoms with E-state index in [9.17, 15) is 5.11 Å². The highest BCUT2D eigenvalue weighted by atomic mass is 16.3. The van der Waals surface area contributed by atoms with Gasteiger partial charge in [-0.25, -0.2) is 0 Å². The number of nitrogens with one attached hydrogen (secondary N) is 1. The van der Waals surface area contributed by atoms with Crippen LogP contribution in [0.25, 0.3) is 0 Å². The number of hydrogen-bond donors (Lipinski definition) is 2. The highest BCUT2D eigenvalue weighted by Crippen LogP contribution is 2.29. The van der Waals surface area contributed by atoms with Gasteiger partial charge in [-0.15, -0.1) is 0 Å². The molecule has 0 spiro atoms. The fraction of sp³-hybridized carbons (Fsp3) is 1.00. The van der Waals surface area contributed by atoms with Gasteiger partial charge in [0, 0.05) is 12.6 Å². The fourth-order valence-electron chi connectivity index (χ4n) is 2.79. The zero-order valence-electron chi connectivity index (χ0n) is 11.4. The first-order chi connectivity index (χ1) is 7.50. The van der Waals surface area contributed by atoms with Gasteiger partial charge in [0.25, 0.3) is 0 Å². The zero-order valence-corrected chi connectivity index (χ0v) is 11.4. The van der Waals surface area contributed by atoms with Gasteiger partial charge in [0.1, 0.15) is 0 Å². The molecule has 1 rings (SSSR count). The van der Waals surface area contributed by atoms with E-state index in [1.165, 1.54) is 19.3 Å². The van der Waals surface area contributed by atoms with E-state index in [0.717, 1.165) is 31.2 Å². The Morgan fingerprint density at radius 1 is 1.19 bits per heavy atom. The molecule has 0 radical (unpaired) electrons. The van der Waals surface area contributed by atoms with Crippen LogP contribution >= 0.6 is 0 Å². The van der Waals surface area contributed by atoms with Gasteiger partial charge >= 0.3 is 0 Å². The number of hydrogen-bond acceptors (Lipinski definition) is 2. The Balaban J connectivity index is 2.37. The van der Waals surface area contributed by atoms with E-state index in [0.29, 0.717) is 6.04 Å². The first-order valence-corrected chi connectivity index (χ1v) is 6.96. The van der Waals surface area contributed by atoms with Crippen molar-refractivity contribution >= 4 is 0 Å². The van der Waals surface area contributed by atoms with E-state index >= 15 is 0 Å². The maximum atomic E-state index is 10.2. The minimum atomic E-state index is -0.497. The lowest BCUT2D eigenvalue weighted by atomic mass is 9.79. The zero-order chi connectivity index (χ0) is 12.2. The Morgan fingerprint density at radius 3 is 2.31 bits per heavy atom. The lowest BCUT2D eigenvalue weighted by Crippen LogP contribution is -2.47. The molecule has 0 aliphatic heterocycles. The van der Waals surface area contributed by atoms with E-state index in [4.69, 9.17) is 0 Å². The fourth-order valence-corrected chi connectivity index (χ4v) is 2.79. The predicted octanol–water partition coefficient (Wildman–Crippen LogP) is 2.95. The normalized spacial score (nSPS) is 31.7. The first kappa shape index (κ1) is 14.0. The van der Waals surface area contributed by atoms with Crippen LogP contribution in [0, 0.1) is 11.8 Å². The Kier molecular flexibility index (Phi) is 5.26. The van der Waals surface area contributed by atoms with Gasteiger partial charge in [0.15, 0.2) is 0 Å². The summed E-state index contributed by atoms with van der Waals surface area (Å²) in [5.74, 6) is 1.63. The van der Waals surface area contributed by atoms with Crippen molar-refractivity contribution in [3.63, 3.8) is 0 Å². The SMILES string of the molecule is CCC(O)(CC)CNC1CCC(C)CC1C. The quantitative estimate of drug-likeness (QED) is 0.757. The molecule has 0 heterocycles. The lowest BCUT2D eigenvalue weighted by molar-refractivity contribution is 0.0255. The molecule has 0 aromatic heterocycles. The van der Waals surface area contributed by atoms with Gasteiger partial charge in [-0.1, -0.05) is 27.7 Å². The van der Waals surface area contributed by atoms with Crippen LogP contribution in [0.15, 0.2) is 0 Å². The molecule has 1 fully saturated rings. The first-order valence-electron chi connectivity index (χ1n) is 6.96. The van der Waals surface area contributed by atoms with Crippen molar-refractivity contribution in [3.8, 4) is 0 Å². The molecule has 96 valence electrons. The van der Waals surface area contributed by atoms with Crippen molar-refractivity contribution < 1.29 is 5.11 Å². The summed E-state index contributed by atoms with van der Waals surface area (Å²) in [5, 5.41) is 13.8. The van der Waals surface area contributed by atoms with Crippen LogP contribution in [0.3, 0.4) is 0 Å². The van der Waals surface area contributed by atoms with Crippen LogP contribution in [0.4, 0.5) is 0 Å². The van der Waals surface area contributed by atoms with Crippen molar-refractivity contribution in [3.05, 3.63) is 0 Å². The third kappa shape index (κ3) is 3.74. The Hall–Kier alpha value is -0.0800. The Bertz CT molecular complexity index is 201. The van der Waals surface area contributed by atoms with Gasteiger partial charge in [-0.2, -0.15) is 0 Å². The molecule has 3 unspecified atom stereocenters. The van der Waals surface area contributed by atoms with Gasteiger partial charge in [-0.05, 0) is 43.9 Å². The molecule has 1 aliphatic rings. The molecule has 16 heavy (non-hydrogen) atoms. The highest BCUT2D eigenvalue weighted by Gasteiger charge is 2.28. The second kappa shape index (κ2) is 6.02. The summed E-state index contributed by atoms with van der Waals surface area (Å²) in [6.07, 6.45) is 5.61. The van der Waals surface area contributed by atoms with Crippen molar-refractivity contribution in [2.75, 3.05) is 6.54 Å². The lowest BCUT2D eigenvalue weighted by Gasteiger charge is -2.36. The van der Waals surface area contributed by atoms with Crippen molar-refractivity contribution in [1.29, 1.82) is 0 Å². The van der Waals surface area contributed by atoms with Gasteiger partial charge in [0.2, 0.25) is 0 Å². The Morgan fingerprint density at radius 2 is 1.81 bits per heavy atom. The van der Waals surface area contributed by atoms with Crippen LogP contribution in [-0.4, -0.2) is 23.3 Å². The molecular weight excluding hydrogens is 198 g/mol. The van der Waals surface area contributed by atoms with E-state index in [-0.39, 0.29) is 0 Å². The van der Waals surface area contributed by atoms with Crippen molar-refractivity contribution in [1.82, 2.24) is 5.32 Å². The maximum Gasteiger partial charge on any atom is 0.0766 e. The molecule has 1 saturated carbocycles. The van der Waals surface area contributed by atoms with Crippen LogP contribution < -0.4 is 5.32 Å². The third-order valence-corrected chi connectivity index (χ3v) is 4.44. The Labute approximate surface area is 101 Å². The summed E-state index contributed by atoms with van der Waals surface area (Å²) >= 11 is 0.